The highest BCUT2D eigenvalue weighted by Gasteiger charge is 2.24. The third-order valence-corrected chi connectivity index (χ3v) is 5.53. The van der Waals surface area contributed by atoms with Crippen molar-refractivity contribution >= 4 is 28.8 Å². The van der Waals surface area contributed by atoms with Gasteiger partial charge in [-0.05, 0) is 24.3 Å². The van der Waals surface area contributed by atoms with Crippen LogP contribution in [-0.2, 0) is 11.3 Å². The van der Waals surface area contributed by atoms with E-state index < -0.39 is 0 Å². The SMILES string of the molecule is COc1ccccc1OCC(=O)N1CC[NH+](Cc2ccc(Cl)s2)CC1. The molecule has 0 aliphatic carbocycles. The van der Waals surface area contributed by atoms with Crippen molar-refractivity contribution in [2.75, 3.05) is 39.9 Å². The summed E-state index contributed by atoms with van der Waals surface area (Å²) < 4.78 is 11.7. The number of hydrogen-bond donors (Lipinski definition) is 1. The van der Waals surface area contributed by atoms with Crippen molar-refractivity contribution in [3.8, 4) is 11.5 Å². The van der Waals surface area contributed by atoms with E-state index in [1.54, 1.807) is 24.5 Å². The van der Waals surface area contributed by atoms with Crippen LogP contribution in [0.5, 0.6) is 11.5 Å². The Bertz CT molecular complexity index is 714. The molecule has 5 nitrogen and oxygen atoms in total. The van der Waals surface area contributed by atoms with Gasteiger partial charge in [0.1, 0.15) is 6.54 Å². The molecule has 1 fully saturated rings. The van der Waals surface area contributed by atoms with Gasteiger partial charge in [-0.2, -0.15) is 0 Å². The number of rotatable bonds is 6. The molecule has 0 spiro atoms. The number of nitrogens with zero attached hydrogens (tertiary/aromatic N) is 1. The lowest BCUT2D eigenvalue weighted by Crippen LogP contribution is -3.13. The van der Waals surface area contributed by atoms with E-state index in [1.807, 2.05) is 29.2 Å². The fraction of sp³-hybridized carbons (Fsp3) is 0.389. The monoisotopic (exact) mass is 381 g/mol. The molecule has 7 heteroatoms. The number of quaternary nitrogens is 1. The minimum Gasteiger partial charge on any atom is -0.493 e. The van der Waals surface area contributed by atoms with E-state index in [2.05, 4.69) is 6.07 Å². The maximum Gasteiger partial charge on any atom is 0.260 e. The van der Waals surface area contributed by atoms with Gasteiger partial charge in [-0.15, -0.1) is 11.3 Å². The van der Waals surface area contributed by atoms with Crippen molar-refractivity contribution in [3.63, 3.8) is 0 Å². The summed E-state index contributed by atoms with van der Waals surface area (Å²) >= 11 is 7.61. The third kappa shape index (κ3) is 4.87. The predicted octanol–water partition coefficient (Wildman–Crippen LogP) is 1.72. The summed E-state index contributed by atoms with van der Waals surface area (Å²) in [7, 11) is 1.59. The number of para-hydroxylation sites is 2. The summed E-state index contributed by atoms with van der Waals surface area (Å²) in [5.74, 6) is 1.25. The van der Waals surface area contributed by atoms with Gasteiger partial charge in [-0.1, -0.05) is 23.7 Å². The number of benzene rings is 1. The quantitative estimate of drug-likeness (QED) is 0.828. The van der Waals surface area contributed by atoms with Gasteiger partial charge in [0.2, 0.25) is 0 Å². The first-order chi connectivity index (χ1) is 12.2. The summed E-state index contributed by atoms with van der Waals surface area (Å²) in [6, 6.07) is 11.4. The predicted molar refractivity (Wildman–Crippen MR) is 98.8 cm³/mol. The Balaban J connectivity index is 1.45. The van der Waals surface area contributed by atoms with Crippen molar-refractivity contribution in [1.29, 1.82) is 0 Å². The van der Waals surface area contributed by atoms with Crippen molar-refractivity contribution in [3.05, 3.63) is 45.6 Å². The van der Waals surface area contributed by atoms with Crippen molar-refractivity contribution in [2.24, 2.45) is 0 Å². The fourth-order valence-corrected chi connectivity index (χ4v) is 4.07. The number of carbonyl (C=O) groups excluding carboxylic acids is 1. The smallest absolute Gasteiger partial charge is 0.260 e. The van der Waals surface area contributed by atoms with Crippen molar-refractivity contribution in [1.82, 2.24) is 4.90 Å². The number of hydrogen-bond acceptors (Lipinski definition) is 4. The standard InChI is InChI=1S/C18H21ClN2O3S/c1-23-15-4-2-3-5-16(15)24-13-18(22)21-10-8-20(9-11-21)12-14-6-7-17(19)25-14/h2-7H,8-13H2,1H3/p+1. The van der Waals surface area contributed by atoms with E-state index in [0.29, 0.717) is 11.5 Å². The molecule has 0 unspecified atom stereocenters. The van der Waals surface area contributed by atoms with Crippen LogP contribution in [-0.4, -0.2) is 50.7 Å². The molecule has 1 N–H and O–H groups in total. The maximum absolute atomic E-state index is 12.4. The molecule has 2 heterocycles. The third-order valence-electron chi connectivity index (χ3n) is 4.30. The van der Waals surface area contributed by atoms with E-state index in [0.717, 1.165) is 37.1 Å². The first-order valence-electron chi connectivity index (χ1n) is 8.27. The van der Waals surface area contributed by atoms with Crippen LogP contribution >= 0.6 is 22.9 Å². The number of nitrogens with one attached hydrogen (secondary N) is 1. The Labute approximate surface area is 156 Å². The summed E-state index contributed by atoms with van der Waals surface area (Å²) in [5.41, 5.74) is 0. The molecule has 1 aromatic heterocycles. The first-order valence-corrected chi connectivity index (χ1v) is 9.46. The molecule has 134 valence electrons. The molecule has 0 atom stereocenters. The molecule has 1 aliphatic rings. The molecule has 25 heavy (non-hydrogen) atoms. The average Bonchev–Trinajstić information content (AvgIpc) is 3.05. The van der Waals surface area contributed by atoms with E-state index >= 15 is 0 Å². The Morgan fingerprint density at radius 2 is 1.92 bits per heavy atom. The van der Waals surface area contributed by atoms with Gasteiger partial charge < -0.3 is 19.3 Å². The fourth-order valence-electron chi connectivity index (χ4n) is 2.91. The molecule has 1 saturated heterocycles. The molecule has 1 amide bonds. The maximum atomic E-state index is 12.4. The molecule has 0 saturated carbocycles. The molecule has 0 bridgehead atoms. The Hall–Kier alpha value is -1.76. The highest BCUT2D eigenvalue weighted by molar-refractivity contribution is 7.16. The van der Waals surface area contributed by atoms with Gasteiger partial charge in [0.25, 0.3) is 5.91 Å². The number of halogens is 1. The van der Waals surface area contributed by atoms with E-state index in [4.69, 9.17) is 21.1 Å². The van der Waals surface area contributed by atoms with Crippen LogP contribution in [0, 0.1) is 0 Å². The largest absolute Gasteiger partial charge is 0.493 e. The zero-order chi connectivity index (χ0) is 17.6. The Kier molecular flexibility index (Phi) is 6.18. The number of methoxy groups -OCH3 is 1. The second-order valence-corrected chi connectivity index (χ2v) is 7.75. The molecule has 1 aromatic carbocycles. The molecule has 3 rings (SSSR count). The number of piperazine rings is 1. The lowest BCUT2D eigenvalue weighted by Gasteiger charge is -2.32. The zero-order valence-corrected chi connectivity index (χ0v) is 15.7. The molecule has 1 aliphatic heterocycles. The molecule has 2 aromatic rings. The van der Waals surface area contributed by atoms with Crippen LogP contribution in [0.4, 0.5) is 0 Å². The van der Waals surface area contributed by atoms with Gasteiger partial charge >= 0.3 is 0 Å². The van der Waals surface area contributed by atoms with Gasteiger partial charge in [0, 0.05) is 0 Å². The average molecular weight is 382 g/mol. The van der Waals surface area contributed by atoms with Crippen LogP contribution < -0.4 is 14.4 Å². The summed E-state index contributed by atoms with van der Waals surface area (Å²) in [4.78, 5) is 17.0. The number of carbonyl (C=O) groups is 1. The lowest BCUT2D eigenvalue weighted by molar-refractivity contribution is -0.917. The number of amides is 1. The van der Waals surface area contributed by atoms with E-state index in [1.165, 1.54) is 9.78 Å². The lowest BCUT2D eigenvalue weighted by atomic mass is 10.3. The van der Waals surface area contributed by atoms with Crippen LogP contribution in [0.2, 0.25) is 4.34 Å². The van der Waals surface area contributed by atoms with Crippen molar-refractivity contribution < 1.29 is 19.2 Å². The van der Waals surface area contributed by atoms with E-state index in [9.17, 15) is 4.79 Å². The summed E-state index contributed by atoms with van der Waals surface area (Å²) in [6.45, 7) is 4.39. The van der Waals surface area contributed by atoms with Gasteiger partial charge in [0.05, 0.1) is 42.5 Å². The summed E-state index contributed by atoms with van der Waals surface area (Å²) in [5, 5.41) is 0. The Morgan fingerprint density at radius 3 is 2.56 bits per heavy atom. The highest BCUT2D eigenvalue weighted by Crippen LogP contribution is 2.25. The topological polar surface area (TPSA) is 43.2 Å². The molecule has 0 radical (unpaired) electrons. The number of thiophene rings is 1. The minimum absolute atomic E-state index is 0.0177. The number of ether oxygens (including phenoxy) is 2. The van der Waals surface area contributed by atoms with Crippen LogP contribution in [0.25, 0.3) is 0 Å². The zero-order valence-electron chi connectivity index (χ0n) is 14.2. The van der Waals surface area contributed by atoms with E-state index in [-0.39, 0.29) is 12.5 Å². The molecular formula is C18H22ClN2O3S+. The highest BCUT2D eigenvalue weighted by atomic mass is 35.5. The van der Waals surface area contributed by atoms with Crippen molar-refractivity contribution in [2.45, 2.75) is 6.54 Å². The van der Waals surface area contributed by atoms with Crippen LogP contribution in [0.3, 0.4) is 0 Å². The second kappa shape index (κ2) is 8.56. The normalized spacial score (nSPS) is 15.2. The minimum atomic E-state index is 0.0177. The first kappa shape index (κ1) is 18.0. The second-order valence-electron chi connectivity index (χ2n) is 5.95. The van der Waals surface area contributed by atoms with Crippen LogP contribution in [0.1, 0.15) is 4.88 Å². The molecular weight excluding hydrogens is 360 g/mol. The summed E-state index contributed by atoms with van der Waals surface area (Å²) in [6.07, 6.45) is 0. The van der Waals surface area contributed by atoms with Gasteiger partial charge in [0.15, 0.2) is 18.1 Å². The van der Waals surface area contributed by atoms with Crippen LogP contribution in [0.15, 0.2) is 36.4 Å². The van der Waals surface area contributed by atoms with Gasteiger partial charge in [-0.25, -0.2) is 0 Å². The van der Waals surface area contributed by atoms with Gasteiger partial charge in [-0.3, -0.25) is 4.79 Å². The Morgan fingerprint density at radius 1 is 1.20 bits per heavy atom.